The van der Waals surface area contributed by atoms with E-state index in [1.54, 1.807) is 0 Å². The summed E-state index contributed by atoms with van der Waals surface area (Å²) in [5.41, 5.74) is 4.08. The van der Waals surface area contributed by atoms with Gasteiger partial charge in [0.15, 0.2) is 0 Å². The van der Waals surface area contributed by atoms with Gasteiger partial charge < -0.3 is 14.6 Å². The van der Waals surface area contributed by atoms with Crippen LogP contribution in [-0.4, -0.2) is 52.7 Å². The molecular formula is C22H30N4O2. The Balaban J connectivity index is 1.31. The number of imidazole rings is 1. The summed E-state index contributed by atoms with van der Waals surface area (Å²) in [4.78, 5) is 19.6. The Morgan fingerprint density at radius 3 is 2.36 bits per heavy atom. The molecule has 6 heteroatoms. The molecule has 28 heavy (non-hydrogen) atoms. The molecule has 2 heterocycles. The predicted octanol–water partition coefficient (Wildman–Crippen LogP) is 3.32. The number of hydrogen-bond donors (Lipinski definition) is 1. The lowest BCUT2D eigenvalue weighted by atomic mass is 9.84. The van der Waals surface area contributed by atoms with Crippen molar-refractivity contribution in [1.29, 1.82) is 0 Å². The number of morpholine rings is 1. The summed E-state index contributed by atoms with van der Waals surface area (Å²) < 4.78 is 7.51. The standard InChI is InChI=1S/C22H30N4O2/c1-16-17(2)26(15-23-16)21-9-5-19(6-10-21)24-22(27)18-3-7-20(8-4-18)25-11-13-28-14-12-25/h5-6,9-10,15,18,20H,3-4,7-8,11-14H2,1-2H3,(H,24,27). The molecule has 0 radical (unpaired) electrons. The fraction of sp³-hybridized carbons (Fsp3) is 0.545. The van der Waals surface area contributed by atoms with E-state index in [9.17, 15) is 4.79 Å². The maximum Gasteiger partial charge on any atom is 0.227 e. The minimum atomic E-state index is 0.121. The van der Waals surface area contributed by atoms with E-state index in [4.69, 9.17) is 4.74 Å². The highest BCUT2D eigenvalue weighted by Crippen LogP contribution is 2.29. The summed E-state index contributed by atoms with van der Waals surface area (Å²) in [7, 11) is 0. The molecule has 0 unspecified atom stereocenters. The number of ether oxygens (including phenoxy) is 1. The van der Waals surface area contributed by atoms with Crippen LogP contribution in [0.15, 0.2) is 30.6 Å². The van der Waals surface area contributed by atoms with Crippen molar-refractivity contribution in [3.05, 3.63) is 42.0 Å². The van der Waals surface area contributed by atoms with Gasteiger partial charge in [-0.05, 0) is 63.8 Å². The van der Waals surface area contributed by atoms with Gasteiger partial charge in [-0.15, -0.1) is 0 Å². The van der Waals surface area contributed by atoms with Crippen molar-refractivity contribution in [3.8, 4) is 5.69 Å². The number of benzene rings is 1. The maximum absolute atomic E-state index is 12.7. The Labute approximate surface area is 166 Å². The second-order valence-corrected chi connectivity index (χ2v) is 7.98. The molecule has 1 aromatic heterocycles. The third-order valence-corrected chi connectivity index (χ3v) is 6.29. The van der Waals surface area contributed by atoms with Gasteiger partial charge in [-0.2, -0.15) is 0 Å². The number of aromatic nitrogens is 2. The van der Waals surface area contributed by atoms with Gasteiger partial charge in [0.05, 0.1) is 25.2 Å². The van der Waals surface area contributed by atoms with E-state index in [2.05, 4.69) is 26.7 Å². The fourth-order valence-electron chi connectivity index (χ4n) is 4.35. The summed E-state index contributed by atoms with van der Waals surface area (Å²) in [6.07, 6.45) is 6.00. The van der Waals surface area contributed by atoms with Crippen LogP contribution in [0.2, 0.25) is 0 Å². The molecule has 0 spiro atoms. The Bertz CT molecular complexity index is 800. The molecule has 1 aromatic carbocycles. The van der Waals surface area contributed by atoms with E-state index in [1.165, 1.54) is 0 Å². The van der Waals surface area contributed by atoms with Gasteiger partial charge in [0.2, 0.25) is 5.91 Å². The number of hydrogen-bond acceptors (Lipinski definition) is 4. The fourth-order valence-corrected chi connectivity index (χ4v) is 4.35. The van der Waals surface area contributed by atoms with Gasteiger partial charge in [-0.1, -0.05) is 0 Å². The molecule has 2 aliphatic rings. The second kappa shape index (κ2) is 8.45. The summed E-state index contributed by atoms with van der Waals surface area (Å²) >= 11 is 0. The van der Waals surface area contributed by atoms with Gasteiger partial charge in [-0.3, -0.25) is 9.69 Å². The van der Waals surface area contributed by atoms with Crippen molar-refractivity contribution in [3.63, 3.8) is 0 Å². The number of aryl methyl sites for hydroxylation is 1. The average molecular weight is 383 g/mol. The molecule has 0 atom stereocenters. The number of amides is 1. The molecule has 1 aliphatic carbocycles. The van der Waals surface area contributed by atoms with E-state index in [-0.39, 0.29) is 11.8 Å². The zero-order valence-corrected chi connectivity index (χ0v) is 16.9. The summed E-state index contributed by atoms with van der Waals surface area (Å²) in [5, 5.41) is 3.11. The Kier molecular flexibility index (Phi) is 5.78. The van der Waals surface area contributed by atoms with E-state index in [0.29, 0.717) is 6.04 Å². The van der Waals surface area contributed by atoms with Gasteiger partial charge >= 0.3 is 0 Å². The average Bonchev–Trinajstić information content (AvgIpc) is 3.08. The predicted molar refractivity (Wildman–Crippen MR) is 110 cm³/mol. The second-order valence-electron chi connectivity index (χ2n) is 7.98. The van der Waals surface area contributed by atoms with Crippen molar-refractivity contribution in [2.24, 2.45) is 5.92 Å². The maximum atomic E-state index is 12.7. The lowest BCUT2D eigenvalue weighted by Crippen LogP contribution is -2.45. The quantitative estimate of drug-likeness (QED) is 0.881. The molecule has 1 aliphatic heterocycles. The van der Waals surface area contributed by atoms with Crippen LogP contribution < -0.4 is 5.32 Å². The smallest absolute Gasteiger partial charge is 0.227 e. The van der Waals surface area contributed by atoms with Crippen molar-refractivity contribution >= 4 is 11.6 Å². The van der Waals surface area contributed by atoms with Crippen LogP contribution in [0.5, 0.6) is 0 Å². The monoisotopic (exact) mass is 382 g/mol. The summed E-state index contributed by atoms with van der Waals surface area (Å²) in [5.74, 6) is 0.276. The topological polar surface area (TPSA) is 59.4 Å². The van der Waals surface area contributed by atoms with Crippen molar-refractivity contribution < 1.29 is 9.53 Å². The van der Waals surface area contributed by atoms with Crippen molar-refractivity contribution in [1.82, 2.24) is 14.5 Å². The lowest BCUT2D eigenvalue weighted by Gasteiger charge is -2.38. The van der Waals surface area contributed by atoms with Crippen LogP contribution >= 0.6 is 0 Å². The molecule has 1 amide bonds. The zero-order chi connectivity index (χ0) is 19.5. The van der Waals surface area contributed by atoms with Crippen LogP contribution in [0.1, 0.15) is 37.1 Å². The van der Waals surface area contributed by atoms with Gasteiger partial charge in [0.1, 0.15) is 0 Å². The van der Waals surface area contributed by atoms with Crippen LogP contribution in [0.25, 0.3) is 5.69 Å². The number of nitrogens with one attached hydrogen (secondary N) is 1. The molecular weight excluding hydrogens is 352 g/mol. The minimum absolute atomic E-state index is 0.121. The first kappa shape index (κ1) is 19.2. The Morgan fingerprint density at radius 1 is 1.07 bits per heavy atom. The molecule has 150 valence electrons. The highest BCUT2D eigenvalue weighted by Gasteiger charge is 2.30. The number of carbonyl (C=O) groups excluding carboxylic acids is 1. The molecule has 1 saturated heterocycles. The number of rotatable bonds is 4. The highest BCUT2D eigenvalue weighted by atomic mass is 16.5. The van der Waals surface area contributed by atoms with E-state index in [0.717, 1.165) is 74.7 Å². The first-order valence-corrected chi connectivity index (χ1v) is 10.4. The van der Waals surface area contributed by atoms with E-state index in [1.807, 2.05) is 37.5 Å². The first-order chi connectivity index (χ1) is 13.6. The molecule has 1 N–H and O–H groups in total. The number of carbonyl (C=O) groups is 1. The molecule has 2 fully saturated rings. The van der Waals surface area contributed by atoms with Crippen molar-refractivity contribution in [2.75, 3.05) is 31.6 Å². The molecule has 6 nitrogen and oxygen atoms in total. The molecule has 1 saturated carbocycles. The third kappa shape index (κ3) is 4.13. The molecule has 4 rings (SSSR count). The normalized spacial score (nSPS) is 23.5. The lowest BCUT2D eigenvalue weighted by molar-refractivity contribution is -0.121. The van der Waals surface area contributed by atoms with Crippen LogP contribution in [-0.2, 0) is 9.53 Å². The largest absolute Gasteiger partial charge is 0.379 e. The van der Waals surface area contributed by atoms with Gasteiger partial charge in [0, 0.05) is 42.1 Å². The van der Waals surface area contributed by atoms with E-state index < -0.39 is 0 Å². The molecule has 0 bridgehead atoms. The Hall–Kier alpha value is -2.18. The SMILES string of the molecule is Cc1ncn(-c2ccc(NC(=O)C3CCC(N4CCOCC4)CC3)cc2)c1C. The summed E-state index contributed by atoms with van der Waals surface area (Å²) in [6.45, 7) is 7.82. The third-order valence-electron chi connectivity index (χ3n) is 6.29. The Morgan fingerprint density at radius 2 is 1.75 bits per heavy atom. The van der Waals surface area contributed by atoms with E-state index >= 15 is 0 Å². The first-order valence-electron chi connectivity index (χ1n) is 10.4. The molecule has 2 aromatic rings. The highest BCUT2D eigenvalue weighted by molar-refractivity contribution is 5.92. The number of nitrogens with zero attached hydrogens (tertiary/aromatic N) is 3. The minimum Gasteiger partial charge on any atom is -0.379 e. The van der Waals surface area contributed by atoms with Gasteiger partial charge in [0.25, 0.3) is 0 Å². The van der Waals surface area contributed by atoms with Gasteiger partial charge in [-0.25, -0.2) is 4.98 Å². The summed E-state index contributed by atoms with van der Waals surface area (Å²) in [6, 6.07) is 8.62. The zero-order valence-electron chi connectivity index (χ0n) is 16.9. The van der Waals surface area contributed by atoms with Crippen molar-refractivity contribution in [2.45, 2.75) is 45.6 Å². The van der Waals surface area contributed by atoms with Crippen LogP contribution in [0, 0.1) is 19.8 Å². The number of anilines is 1. The van der Waals surface area contributed by atoms with Crippen LogP contribution in [0.4, 0.5) is 5.69 Å². The van der Waals surface area contributed by atoms with Crippen LogP contribution in [0.3, 0.4) is 0 Å².